The number of anilines is 1. The lowest BCUT2D eigenvalue weighted by Gasteiger charge is -2.42. The zero-order valence-corrected chi connectivity index (χ0v) is 17.2. The number of rotatable bonds is 4. The molecule has 12 heteroatoms. The summed E-state index contributed by atoms with van der Waals surface area (Å²) in [5.41, 5.74) is 12.7. The first kappa shape index (κ1) is 24.7. The third-order valence-corrected chi connectivity index (χ3v) is 5.55. The summed E-state index contributed by atoms with van der Waals surface area (Å²) in [6.07, 6.45) is -9.58. The fourth-order valence-electron chi connectivity index (χ4n) is 4.06. The quantitative estimate of drug-likeness (QED) is 0.389. The van der Waals surface area contributed by atoms with Crippen LogP contribution >= 0.6 is 0 Å². The van der Waals surface area contributed by atoms with Gasteiger partial charge in [0.25, 0.3) is 0 Å². The maximum Gasteiger partial charge on any atom is 0.417 e. The second-order valence-corrected chi connectivity index (χ2v) is 7.69. The second kappa shape index (κ2) is 8.12. The van der Waals surface area contributed by atoms with E-state index in [0.717, 1.165) is 36.4 Å². The van der Waals surface area contributed by atoms with Crippen LogP contribution in [-0.2, 0) is 11.6 Å². The minimum Gasteiger partial charge on any atom is -0.402 e. The van der Waals surface area contributed by atoms with Gasteiger partial charge in [-0.3, -0.25) is 9.59 Å². The average molecular weight is 484 g/mol. The Kier molecular flexibility index (Phi) is 5.89. The van der Waals surface area contributed by atoms with E-state index >= 15 is 0 Å². The van der Waals surface area contributed by atoms with Crippen LogP contribution in [0, 0.1) is 0 Å². The summed E-state index contributed by atoms with van der Waals surface area (Å²) in [5.74, 6) is -2.42. The zero-order chi connectivity index (χ0) is 25.6. The summed E-state index contributed by atoms with van der Waals surface area (Å²) >= 11 is 0. The van der Waals surface area contributed by atoms with Crippen LogP contribution in [0.25, 0.3) is 5.57 Å². The Morgan fingerprint density at radius 2 is 1.50 bits per heavy atom. The molecule has 0 fully saturated rings. The Balaban J connectivity index is 2.52. The molecule has 3 rings (SSSR count). The van der Waals surface area contributed by atoms with Gasteiger partial charge in [-0.2, -0.15) is 26.3 Å². The van der Waals surface area contributed by atoms with Gasteiger partial charge in [0, 0.05) is 28.9 Å². The van der Waals surface area contributed by atoms with Crippen LogP contribution in [0.15, 0.2) is 54.2 Å². The van der Waals surface area contributed by atoms with Crippen molar-refractivity contribution < 1.29 is 35.9 Å². The van der Waals surface area contributed by atoms with Crippen molar-refractivity contribution in [2.24, 2.45) is 17.2 Å². The van der Waals surface area contributed by atoms with Crippen LogP contribution in [-0.4, -0.2) is 18.0 Å². The first-order valence-electron chi connectivity index (χ1n) is 9.54. The van der Waals surface area contributed by atoms with Gasteiger partial charge in [-0.25, -0.2) is 0 Å². The number of carbonyl (C=O) groups excluding carboxylic acids is 2. The molecule has 2 amide bonds. The highest BCUT2D eigenvalue weighted by atomic mass is 19.4. The Morgan fingerprint density at radius 3 is 2.03 bits per heavy atom. The molecule has 0 saturated heterocycles. The molecular weight excluding hydrogens is 466 g/mol. The molecule has 1 atom stereocenters. The summed E-state index contributed by atoms with van der Waals surface area (Å²) in [7, 11) is 0. The van der Waals surface area contributed by atoms with Gasteiger partial charge in [-0.05, 0) is 53.1 Å². The van der Waals surface area contributed by atoms with Crippen LogP contribution in [0.2, 0.25) is 0 Å². The fraction of sp³-hybridized carbons (Fsp3) is 0.182. The molecule has 1 unspecified atom stereocenters. The summed E-state index contributed by atoms with van der Waals surface area (Å²) in [6, 6.07) is 4.89. The van der Waals surface area contributed by atoms with Gasteiger partial charge < -0.3 is 22.9 Å². The molecule has 8 N–H and O–H groups in total. The van der Waals surface area contributed by atoms with E-state index in [1.54, 1.807) is 0 Å². The third kappa shape index (κ3) is 4.06. The maximum absolute atomic E-state index is 15.0. The van der Waals surface area contributed by atoms with E-state index in [9.17, 15) is 35.9 Å². The van der Waals surface area contributed by atoms with Crippen molar-refractivity contribution >= 4 is 23.1 Å². The van der Waals surface area contributed by atoms with Crippen LogP contribution in [0.1, 0.15) is 43.8 Å². The summed E-state index contributed by atoms with van der Waals surface area (Å²) in [5, 5.41) is 0. The van der Waals surface area contributed by atoms with Gasteiger partial charge in [0.15, 0.2) is 0 Å². The minimum absolute atomic E-state index is 0.325. The molecule has 0 aromatic heterocycles. The summed E-state index contributed by atoms with van der Waals surface area (Å²) in [4.78, 5) is 23.8. The van der Waals surface area contributed by atoms with Gasteiger partial charge >= 0.3 is 12.4 Å². The van der Waals surface area contributed by atoms with Crippen molar-refractivity contribution in [2.45, 2.75) is 24.2 Å². The molecule has 34 heavy (non-hydrogen) atoms. The van der Waals surface area contributed by atoms with Gasteiger partial charge in [-0.15, -0.1) is 0 Å². The molecule has 180 valence electrons. The van der Waals surface area contributed by atoms with Crippen molar-refractivity contribution in [2.75, 3.05) is 5.73 Å². The molecule has 6 nitrogen and oxygen atoms in total. The van der Waals surface area contributed by atoms with E-state index in [1.807, 2.05) is 0 Å². The van der Waals surface area contributed by atoms with E-state index in [2.05, 4.69) is 0 Å². The third-order valence-electron chi connectivity index (χ3n) is 5.55. The number of amides is 2. The van der Waals surface area contributed by atoms with Gasteiger partial charge in [0.05, 0.1) is 5.56 Å². The molecule has 0 bridgehead atoms. The highest BCUT2D eigenvalue weighted by molar-refractivity contribution is 6.00. The van der Waals surface area contributed by atoms with Crippen molar-refractivity contribution in [3.8, 4) is 0 Å². The monoisotopic (exact) mass is 484 g/mol. The number of benzene rings is 2. The normalized spacial score (nSPS) is 18.8. The van der Waals surface area contributed by atoms with Crippen LogP contribution < -0.4 is 22.9 Å². The number of alkyl halides is 6. The van der Waals surface area contributed by atoms with Crippen molar-refractivity contribution in [3.63, 3.8) is 0 Å². The molecule has 0 radical (unpaired) electrons. The standard InChI is InChI=1S/C22H18F6N4O2/c23-21(24,25)17-8-11(29)2-5-13(17)15-6-3-12(30)9-20(15,22(26,27)28)16-7-10(18(31)33)1-4-14(16)19(32)34/h1-8H,9,29-30H2,(H2,31,33)(H2,32,34). The second-order valence-electron chi connectivity index (χ2n) is 7.69. The molecule has 0 spiro atoms. The lowest BCUT2D eigenvalue weighted by Crippen LogP contribution is -2.47. The lowest BCUT2D eigenvalue weighted by molar-refractivity contribution is -0.173. The highest BCUT2D eigenvalue weighted by Crippen LogP contribution is 2.57. The first-order valence-corrected chi connectivity index (χ1v) is 9.54. The number of halogens is 6. The van der Waals surface area contributed by atoms with E-state index in [0.29, 0.717) is 12.1 Å². The Labute approximate surface area is 188 Å². The predicted molar refractivity (Wildman–Crippen MR) is 112 cm³/mol. The van der Waals surface area contributed by atoms with E-state index < -0.39 is 69.4 Å². The smallest absolute Gasteiger partial charge is 0.402 e. The molecule has 1 aliphatic carbocycles. The van der Waals surface area contributed by atoms with E-state index in [1.165, 1.54) is 0 Å². The summed E-state index contributed by atoms with van der Waals surface area (Å²) < 4.78 is 86.5. The predicted octanol–water partition coefficient (Wildman–Crippen LogP) is 3.62. The average Bonchev–Trinajstić information content (AvgIpc) is 2.71. The van der Waals surface area contributed by atoms with Crippen LogP contribution in [0.3, 0.4) is 0 Å². The Bertz CT molecular complexity index is 1250. The molecule has 0 saturated carbocycles. The molecule has 0 heterocycles. The number of allylic oxidation sites excluding steroid dienone is 4. The van der Waals surface area contributed by atoms with Crippen molar-refractivity contribution in [1.29, 1.82) is 0 Å². The number of hydrogen-bond acceptors (Lipinski definition) is 4. The largest absolute Gasteiger partial charge is 0.417 e. The molecule has 2 aromatic rings. The maximum atomic E-state index is 15.0. The molecule has 2 aromatic carbocycles. The Hall–Kier alpha value is -3.96. The van der Waals surface area contributed by atoms with E-state index in [-0.39, 0.29) is 11.4 Å². The Morgan fingerprint density at radius 1 is 0.853 bits per heavy atom. The number of hydrogen-bond donors (Lipinski definition) is 4. The molecule has 1 aliphatic rings. The SMILES string of the molecule is NC(=O)c1ccc(C(N)=O)c(C2(C(F)(F)F)CC(N)=CC=C2c2ccc(N)cc2C(F)(F)F)c1. The first-order chi connectivity index (χ1) is 15.6. The summed E-state index contributed by atoms with van der Waals surface area (Å²) in [6.45, 7) is 0. The topological polar surface area (TPSA) is 138 Å². The zero-order valence-electron chi connectivity index (χ0n) is 17.2. The molecule has 0 aliphatic heterocycles. The number of primary amides is 2. The van der Waals surface area contributed by atoms with Gasteiger partial charge in [-0.1, -0.05) is 12.1 Å². The minimum atomic E-state index is -5.30. The molecular formula is C22H18F6N4O2. The van der Waals surface area contributed by atoms with Crippen molar-refractivity contribution in [3.05, 3.63) is 82.1 Å². The van der Waals surface area contributed by atoms with Gasteiger partial charge in [0.2, 0.25) is 11.8 Å². The highest BCUT2D eigenvalue weighted by Gasteiger charge is 2.61. The number of carbonyl (C=O) groups is 2. The van der Waals surface area contributed by atoms with E-state index in [4.69, 9.17) is 22.9 Å². The van der Waals surface area contributed by atoms with Crippen molar-refractivity contribution in [1.82, 2.24) is 0 Å². The van der Waals surface area contributed by atoms with Crippen LogP contribution in [0.5, 0.6) is 0 Å². The van der Waals surface area contributed by atoms with Gasteiger partial charge in [0.1, 0.15) is 5.41 Å². The lowest BCUT2D eigenvalue weighted by atomic mass is 9.64. The van der Waals surface area contributed by atoms with Crippen LogP contribution in [0.4, 0.5) is 32.0 Å². The fourth-order valence-corrected chi connectivity index (χ4v) is 4.06. The number of nitrogen functional groups attached to an aromatic ring is 1. The number of nitrogens with two attached hydrogens (primary N) is 4.